The standard InChI is InChI=1S/C18H24N4O2/c1-12(23)19-10-14-8-13-5-6-22(14)11-15(13)17-9-16(20-21(17)2)18-4-3-7-24-18/h3-4,7,9,13-15H,5-6,8,10-11H2,1-2H3,(H,19,23). The van der Waals surface area contributed by atoms with Crippen molar-refractivity contribution in [3.05, 3.63) is 30.2 Å². The molecule has 5 heterocycles. The molecule has 128 valence electrons. The van der Waals surface area contributed by atoms with E-state index < -0.39 is 0 Å². The Hall–Kier alpha value is -2.08. The van der Waals surface area contributed by atoms with E-state index in [1.807, 2.05) is 23.9 Å². The monoisotopic (exact) mass is 328 g/mol. The molecule has 0 aliphatic carbocycles. The maximum atomic E-state index is 11.2. The third kappa shape index (κ3) is 2.75. The Bertz CT molecular complexity index is 721. The van der Waals surface area contributed by atoms with E-state index in [1.165, 1.54) is 12.1 Å². The van der Waals surface area contributed by atoms with Gasteiger partial charge in [0.05, 0.1) is 6.26 Å². The van der Waals surface area contributed by atoms with Gasteiger partial charge in [-0.1, -0.05) is 0 Å². The largest absolute Gasteiger partial charge is 0.463 e. The molecule has 1 amide bonds. The zero-order valence-electron chi connectivity index (χ0n) is 14.2. The van der Waals surface area contributed by atoms with Crippen molar-refractivity contribution < 1.29 is 9.21 Å². The van der Waals surface area contributed by atoms with Gasteiger partial charge in [-0.15, -0.1) is 0 Å². The molecule has 2 aromatic rings. The molecule has 0 saturated carbocycles. The Morgan fingerprint density at radius 2 is 2.38 bits per heavy atom. The van der Waals surface area contributed by atoms with Crippen molar-refractivity contribution in [1.29, 1.82) is 0 Å². The van der Waals surface area contributed by atoms with Crippen molar-refractivity contribution in [2.45, 2.75) is 31.7 Å². The van der Waals surface area contributed by atoms with E-state index in [1.54, 1.807) is 13.2 Å². The van der Waals surface area contributed by atoms with Crippen molar-refractivity contribution in [3.8, 4) is 11.5 Å². The number of piperidine rings is 3. The van der Waals surface area contributed by atoms with Gasteiger partial charge >= 0.3 is 0 Å². The lowest BCUT2D eigenvalue weighted by Gasteiger charge is -2.49. The van der Waals surface area contributed by atoms with Crippen LogP contribution in [0.1, 0.15) is 31.4 Å². The molecule has 0 radical (unpaired) electrons. The highest BCUT2D eigenvalue weighted by Gasteiger charge is 2.41. The van der Waals surface area contributed by atoms with Gasteiger partial charge in [0.15, 0.2) is 5.76 Å². The number of hydrogen-bond acceptors (Lipinski definition) is 4. The number of carbonyl (C=O) groups is 1. The van der Waals surface area contributed by atoms with E-state index in [9.17, 15) is 4.79 Å². The van der Waals surface area contributed by atoms with Crippen molar-refractivity contribution in [1.82, 2.24) is 20.0 Å². The van der Waals surface area contributed by atoms with E-state index in [4.69, 9.17) is 4.42 Å². The molecule has 0 aromatic carbocycles. The minimum Gasteiger partial charge on any atom is -0.463 e. The van der Waals surface area contributed by atoms with Crippen LogP contribution in [-0.2, 0) is 11.8 Å². The molecule has 3 fully saturated rings. The molecule has 5 rings (SSSR count). The van der Waals surface area contributed by atoms with Crippen LogP contribution in [0.2, 0.25) is 0 Å². The van der Waals surface area contributed by atoms with Gasteiger partial charge in [-0.25, -0.2) is 0 Å². The predicted octanol–water partition coefficient (Wildman–Crippen LogP) is 1.99. The zero-order chi connectivity index (χ0) is 16.7. The molecule has 24 heavy (non-hydrogen) atoms. The van der Waals surface area contributed by atoms with Gasteiger partial charge < -0.3 is 9.73 Å². The second-order valence-corrected chi connectivity index (χ2v) is 7.03. The average molecular weight is 328 g/mol. The fraction of sp³-hybridized carbons (Fsp3) is 0.556. The van der Waals surface area contributed by atoms with Crippen molar-refractivity contribution in [3.63, 3.8) is 0 Å². The van der Waals surface area contributed by atoms with E-state index in [0.717, 1.165) is 37.5 Å². The van der Waals surface area contributed by atoms with E-state index in [0.29, 0.717) is 17.9 Å². The summed E-state index contributed by atoms with van der Waals surface area (Å²) in [6.45, 7) is 4.53. The fourth-order valence-electron chi connectivity index (χ4n) is 4.32. The first kappa shape index (κ1) is 15.4. The SMILES string of the molecule is CC(=O)NCC1CC2CCN1CC2c1cc(-c2ccco2)nn1C. The van der Waals surface area contributed by atoms with Gasteiger partial charge in [-0.05, 0) is 43.5 Å². The summed E-state index contributed by atoms with van der Waals surface area (Å²) in [5, 5.41) is 7.62. The lowest BCUT2D eigenvalue weighted by molar-refractivity contribution is -0.119. The number of aryl methyl sites for hydroxylation is 1. The number of carbonyl (C=O) groups excluding carboxylic acids is 1. The predicted molar refractivity (Wildman–Crippen MR) is 90.4 cm³/mol. The number of aromatic nitrogens is 2. The Morgan fingerprint density at radius 1 is 1.50 bits per heavy atom. The highest BCUT2D eigenvalue weighted by atomic mass is 16.3. The highest BCUT2D eigenvalue weighted by molar-refractivity contribution is 5.72. The van der Waals surface area contributed by atoms with Crippen LogP contribution in [0.5, 0.6) is 0 Å². The number of fused-ring (bicyclic) bond motifs is 3. The maximum Gasteiger partial charge on any atom is 0.216 e. The number of nitrogens with zero attached hydrogens (tertiary/aromatic N) is 3. The zero-order valence-corrected chi connectivity index (χ0v) is 14.2. The Balaban J connectivity index is 1.52. The molecule has 4 atom stereocenters. The van der Waals surface area contributed by atoms with Crippen LogP contribution in [0, 0.1) is 5.92 Å². The maximum absolute atomic E-state index is 11.2. The highest BCUT2D eigenvalue weighted by Crippen LogP contribution is 2.42. The molecule has 3 aliphatic rings. The fourth-order valence-corrected chi connectivity index (χ4v) is 4.32. The van der Waals surface area contributed by atoms with Crippen LogP contribution >= 0.6 is 0 Å². The minimum atomic E-state index is 0.0592. The minimum absolute atomic E-state index is 0.0592. The quantitative estimate of drug-likeness (QED) is 0.932. The van der Waals surface area contributed by atoms with Gasteiger partial charge in [0.25, 0.3) is 0 Å². The van der Waals surface area contributed by atoms with Gasteiger partial charge in [-0.2, -0.15) is 5.10 Å². The van der Waals surface area contributed by atoms with Gasteiger partial charge in [0.1, 0.15) is 5.69 Å². The molecule has 6 heteroatoms. The van der Waals surface area contributed by atoms with Gasteiger partial charge in [0.2, 0.25) is 5.91 Å². The third-order valence-corrected chi connectivity index (χ3v) is 5.53. The summed E-state index contributed by atoms with van der Waals surface area (Å²) in [5.74, 6) is 2.05. The summed E-state index contributed by atoms with van der Waals surface area (Å²) in [4.78, 5) is 13.7. The number of furan rings is 1. The van der Waals surface area contributed by atoms with Gasteiger partial charge in [0, 0.05) is 44.7 Å². The lowest BCUT2D eigenvalue weighted by Crippen LogP contribution is -2.56. The number of amides is 1. The first-order valence-corrected chi connectivity index (χ1v) is 8.68. The van der Waals surface area contributed by atoms with E-state index >= 15 is 0 Å². The second kappa shape index (κ2) is 6.09. The topological polar surface area (TPSA) is 63.3 Å². The molecule has 0 spiro atoms. The summed E-state index contributed by atoms with van der Waals surface area (Å²) in [6, 6.07) is 6.49. The Labute approximate surface area is 141 Å². The summed E-state index contributed by atoms with van der Waals surface area (Å²) in [6.07, 6.45) is 4.05. The van der Waals surface area contributed by atoms with Crippen LogP contribution in [0.25, 0.3) is 11.5 Å². The van der Waals surface area contributed by atoms with Crippen LogP contribution in [0.3, 0.4) is 0 Å². The van der Waals surface area contributed by atoms with Crippen molar-refractivity contribution >= 4 is 5.91 Å². The third-order valence-electron chi connectivity index (χ3n) is 5.53. The van der Waals surface area contributed by atoms with Crippen LogP contribution in [0.15, 0.2) is 28.9 Å². The summed E-state index contributed by atoms with van der Waals surface area (Å²) < 4.78 is 7.49. The number of rotatable bonds is 4. The molecule has 3 aliphatic heterocycles. The Kier molecular flexibility index (Phi) is 3.92. The van der Waals surface area contributed by atoms with Crippen LogP contribution < -0.4 is 5.32 Å². The normalized spacial score (nSPS) is 28.9. The van der Waals surface area contributed by atoms with Crippen LogP contribution in [0.4, 0.5) is 0 Å². The second-order valence-electron chi connectivity index (χ2n) is 7.03. The van der Waals surface area contributed by atoms with Gasteiger partial charge in [-0.3, -0.25) is 14.4 Å². The molecule has 6 nitrogen and oxygen atoms in total. The summed E-state index contributed by atoms with van der Waals surface area (Å²) >= 11 is 0. The molecular formula is C18H24N4O2. The number of nitrogens with one attached hydrogen (secondary N) is 1. The summed E-state index contributed by atoms with van der Waals surface area (Å²) in [5.41, 5.74) is 2.19. The van der Waals surface area contributed by atoms with Crippen molar-refractivity contribution in [2.75, 3.05) is 19.6 Å². The average Bonchev–Trinajstić information content (AvgIpc) is 3.22. The molecule has 3 saturated heterocycles. The smallest absolute Gasteiger partial charge is 0.216 e. The summed E-state index contributed by atoms with van der Waals surface area (Å²) in [7, 11) is 2.02. The molecule has 2 bridgehead atoms. The first-order chi connectivity index (χ1) is 11.6. The first-order valence-electron chi connectivity index (χ1n) is 8.68. The molecular weight excluding hydrogens is 304 g/mol. The van der Waals surface area contributed by atoms with Crippen LogP contribution in [-0.4, -0.2) is 46.3 Å². The molecule has 4 unspecified atom stereocenters. The van der Waals surface area contributed by atoms with E-state index in [-0.39, 0.29) is 5.91 Å². The Morgan fingerprint density at radius 3 is 3.04 bits per heavy atom. The molecule has 2 aromatic heterocycles. The number of hydrogen-bond donors (Lipinski definition) is 1. The van der Waals surface area contributed by atoms with E-state index in [2.05, 4.69) is 21.4 Å². The van der Waals surface area contributed by atoms with Crippen molar-refractivity contribution in [2.24, 2.45) is 13.0 Å². The lowest BCUT2D eigenvalue weighted by atomic mass is 9.74. The molecule has 1 N–H and O–H groups in total.